The van der Waals surface area contributed by atoms with Gasteiger partial charge < -0.3 is 14.2 Å². The topological polar surface area (TPSA) is 86.8 Å². The van der Waals surface area contributed by atoms with Crippen molar-refractivity contribution in [3.8, 4) is 17.0 Å². The molecule has 2 aromatic carbocycles. The molecule has 0 saturated carbocycles. The van der Waals surface area contributed by atoms with E-state index >= 15 is 0 Å². The number of hydrogen-bond acceptors (Lipinski definition) is 7. The van der Waals surface area contributed by atoms with E-state index in [2.05, 4.69) is 10.3 Å². The number of halogens is 1. The minimum atomic E-state index is -0.614. The standard InChI is InChI=1S/C23H21FN2O5S/c24-17-7-3-15(4-8-17)20-14-32-23(25-20)26-21(27)13-31-22(28)16-5-9-18(10-6-16)30-12-19-2-1-11-29-19/h3-10,14,19H,1-2,11-13H2,(H,25,26,27). The third-order valence-corrected chi connectivity index (χ3v) is 5.53. The number of nitrogens with one attached hydrogen (secondary N) is 1. The number of carbonyl (C=O) groups excluding carboxylic acids is 2. The maximum Gasteiger partial charge on any atom is 0.338 e. The molecule has 1 atom stereocenters. The molecule has 0 bridgehead atoms. The molecule has 1 saturated heterocycles. The first kappa shape index (κ1) is 21.9. The summed E-state index contributed by atoms with van der Waals surface area (Å²) in [6.45, 7) is 0.801. The van der Waals surface area contributed by atoms with Crippen LogP contribution in [-0.2, 0) is 14.3 Å². The molecule has 4 rings (SSSR count). The minimum Gasteiger partial charge on any atom is -0.491 e. The second-order valence-corrected chi connectivity index (χ2v) is 8.00. The van der Waals surface area contributed by atoms with E-state index in [9.17, 15) is 14.0 Å². The number of aromatic nitrogens is 1. The summed E-state index contributed by atoms with van der Waals surface area (Å²) in [6.07, 6.45) is 2.15. The monoisotopic (exact) mass is 456 g/mol. The number of anilines is 1. The number of rotatable bonds is 8. The Morgan fingerprint density at radius 3 is 2.66 bits per heavy atom. The van der Waals surface area contributed by atoms with Crippen molar-refractivity contribution in [3.63, 3.8) is 0 Å². The molecule has 166 valence electrons. The zero-order valence-electron chi connectivity index (χ0n) is 17.1. The second-order valence-electron chi connectivity index (χ2n) is 7.14. The van der Waals surface area contributed by atoms with Crippen LogP contribution >= 0.6 is 11.3 Å². The lowest BCUT2D eigenvalue weighted by atomic mass is 10.2. The fraction of sp³-hybridized carbons (Fsp3) is 0.261. The SMILES string of the molecule is O=C(COC(=O)c1ccc(OCC2CCCO2)cc1)Nc1nc(-c2ccc(F)cc2)cs1. The van der Waals surface area contributed by atoms with Gasteiger partial charge in [-0.2, -0.15) is 0 Å². The summed E-state index contributed by atoms with van der Waals surface area (Å²) in [7, 11) is 0. The van der Waals surface area contributed by atoms with Gasteiger partial charge in [0.15, 0.2) is 11.7 Å². The zero-order chi connectivity index (χ0) is 22.3. The number of amides is 1. The van der Waals surface area contributed by atoms with E-state index in [1.165, 1.54) is 23.5 Å². The van der Waals surface area contributed by atoms with Crippen LogP contribution < -0.4 is 10.1 Å². The van der Waals surface area contributed by atoms with Gasteiger partial charge in [0, 0.05) is 17.6 Å². The van der Waals surface area contributed by atoms with E-state index in [1.54, 1.807) is 41.8 Å². The average molecular weight is 456 g/mol. The van der Waals surface area contributed by atoms with Crippen molar-refractivity contribution in [2.75, 3.05) is 25.1 Å². The van der Waals surface area contributed by atoms with Crippen molar-refractivity contribution in [2.45, 2.75) is 18.9 Å². The first-order chi connectivity index (χ1) is 15.6. The van der Waals surface area contributed by atoms with E-state index in [-0.39, 0.29) is 11.9 Å². The number of hydrogen-bond donors (Lipinski definition) is 1. The molecule has 2 heterocycles. The lowest BCUT2D eigenvalue weighted by molar-refractivity contribution is -0.119. The largest absolute Gasteiger partial charge is 0.491 e. The number of thiazole rings is 1. The Labute approximate surface area is 188 Å². The summed E-state index contributed by atoms with van der Waals surface area (Å²) in [5.41, 5.74) is 1.66. The third-order valence-electron chi connectivity index (χ3n) is 4.77. The minimum absolute atomic E-state index is 0.114. The number of benzene rings is 2. The van der Waals surface area contributed by atoms with Crippen LogP contribution in [0.3, 0.4) is 0 Å². The van der Waals surface area contributed by atoms with Gasteiger partial charge in [0.25, 0.3) is 5.91 Å². The fourth-order valence-electron chi connectivity index (χ4n) is 3.11. The van der Waals surface area contributed by atoms with E-state index in [4.69, 9.17) is 14.2 Å². The predicted molar refractivity (Wildman–Crippen MR) is 117 cm³/mol. The number of nitrogens with zero attached hydrogens (tertiary/aromatic N) is 1. The van der Waals surface area contributed by atoms with Crippen molar-refractivity contribution in [1.29, 1.82) is 0 Å². The molecular weight excluding hydrogens is 435 g/mol. The van der Waals surface area contributed by atoms with Gasteiger partial charge in [-0.1, -0.05) is 0 Å². The van der Waals surface area contributed by atoms with Crippen LogP contribution in [0.25, 0.3) is 11.3 Å². The zero-order valence-corrected chi connectivity index (χ0v) is 17.9. The van der Waals surface area contributed by atoms with Crippen molar-refractivity contribution >= 4 is 28.3 Å². The Morgan fingerprint density at radius 2 is 1.94 bits per heavy atom. The highest BCUT2D eigenvalue weighted by Gasteiger charge is 2.16. The summed E-state index contributed by atoms with van der Waals surface area (Å²) in [4.78, 5) is 28.6. The third kappa shape index (κ3) is 5.89. The van der Waals surface area contributed by atoms with Crippen molar-refractivity contribution in [2.24, 2.45) is 0 Å². The highest BCUT2D eigenvalue weighted by Crippen LogP contribution is 2.25. The average Bonchev–Trinajstić information content (AvgIpc) is 3.49. The van der Waals surface area contributed by atoms with Gasteiger partial charge in [-0.05, 0) is 61.4 Å². The maximum atomic E-state index is 13.0. The summed E-state index contributed by atoms with van der Waals surface area (Å²) >= 11 is 1.22. The predicted octanol–water partition coefficient (Wildman–Crippen LogP) is 4.30. The molecule has 1 amide bonds. The van der Waals surface area contributed by atoms with Gasteiger partial charge in [-0.3, -0.25) is 10.1 Å². The Hall–Kier alpha value is -3.30. The Kier molecular flexibility index (Phi) is 7.08. The molecule has 1 aliphatic rings. The summed E-state index contributed by atoms with van der Waals surface area (Å²) in [5, 5.41) is 4.69. The van der Waals surface area contributed by atoms with Crippen molar-refractivity contribution in [3.05, 3.63) is 65.3 Å². The van der Waals surface area contributed by atoms with Gasteiger partial charge in [-0.25, -0.2) is 14.2 Å². The van der Waals surface area contributed by atoms with Crippen LogP contribution in [0.15, 0.2) is 53.9 Å². The van der Waals surface area contributed by atoms with E-state index in [0.717, 1.165) is 25.0 Å². The molecule has 1 fully saturated rings. The van der Waals surface area contributed by atoms with Crippen molar-refractivity contribution in [1.82, 2.24) is 4.98 Å². The summed E-state index contributed by atoms with van der Waals surface area (Å²) in [5.74, 6) is -0.817. The molecule has 1 aromatic heterocycles. The maximum absolute atomic E-state index is 13.0. The summed E-state index contributed by atoms with van der Waals surface area (Å²) < 4.78 is 29.3. The first-order valence-corrected chi connectivity index (χ1v) is 11.0. The summed E-state index contributed by atoms with van der Waals surface area (Å²) in [6, 6.07) is 12.4. The Bertz CT molecular complexity index is 1060. The molecule has 9 heteroatoms. The van der Waals surface area contributed by atoms with Gasteiger partial charge in [0.1, 0.15) is 18.2 Å². The van der Waals surface area contributed by atoms with Crippen LogP contribution in [-0.4, -0.2) is 42.8 Å². The number of esters is 1. The first-order valence-electron chi connectivity index (χ1n) is 10.1. The Balaban J connectivity index is 1.23. The van der Waals surface area contributed by atoms with Crippen molar-refractivity contribution < 1.29 is 28.2 Å². The molecule has 0 aliphatic carbocycles. The lowest BCUT2D eigenvalue weighted by Gasteiger charge is -2.11. The smallest absolute Gasteiger partial charge is 0.338 e. The van der Waals surface area contributed by atoms with Crippen LogP contribution in [0.4, 0.5) is 9.52 Å². The molecule has 1 aliphatic heterocycles. The second kappa shape index (κ2) is 10.3. The fourth-order valence-corrected chi connectivity index (χ4v) is 3.84. The number of ether oxygens (including phenoxy) is 3. The molecular formula is C23H21FN2O5S. The van der Waals surface area contributed by atoms with Gasteiger partial charge in [0.05, 0.1) is 17.4 Å². The van der Waals surface area contributed by atoms with Crippen LogP contribution in [0, 0.1) is 5.82 Å². The van der Waals surface area contributed by atoms with Gasteiger partial charge in [0.2, 0.25) is 0 Å². The molecule has 0 radical (unpaired) electrons. The van der Waals surface area contributed by atoms with E-state index < -0.39 is 18.5 Å². The molecule has 32 heavy (non-hydrogen) atoms. The Morgan fingerprint density at radius 1 is 1.16 bits per heavy atom. The molecule has 0 spiro atoms. The normalized spacial score (nSPS) is 15.3. The molecule has 1 unspecified atom stereocenters. The van der Waals surface area contributed by atoms with Crippen LogP contribution in [0.2, 0.25) is 0 Å². The molecule has 3 aromatic rings. The van der Waals surface area contributed by atoms with E-state index in [1.807, 2.05) is 0 Å². The van der Waals surface area contributed by atoms with Crippen LogP contribution in [0.5, 0.6) is 5.75 Å². The van der Waals surface area contributed by atoms with Crippen LogP contribution in [0.1, 0.15) is 23.2 Å². The highest BCUT2D eigenvalue weighted by molar-refractivity contribution is 7.14. The highest BCUT2D eigenvalue weighted by atomic mass is 32.1. The van der Waals surface area contributed by atoms with E-state index in [0.29, 0.717) is 28.7 Å². The molecule has 7 nitrogen and oxygen atoms in total. The number of carbonyl (C=O) groups is 2. The molecule has 1 N–H and O–H groups in total. The van der Waals surface area contributed by atoms with Gasteiger partial charge >= 0.3 is 5.97 Å². The quantitative estimate of drug-likeness (QED) is 0.509. The lowest BCUT2D eigenvalue weighted by Crippen LogP contribution is -2.20. The van der Waals surface area contributed by atoms with Gasteiger partial charge in [-0.15, -0.1) is 11.3 Å².